The van der Waals surface area contributed by atoms with E-state index >= 15 is 0 Å². The van der Waals surface area contributed by atoms with Crippen LogP contribution in [0.3, 0.4) is 0 Å². The van der Waals surface area contributed by atoms with Gasteiger partial charge in [-0.1, -0.05) is 33.6 Å². The number of rotatable bonds is 4. The summed E-state index contributed by atoms with van der Waals surface area (Å²) in [7, 11) is 0. The summed E-state index contributed by atoms with van der Waals surface area (Å²) in [5.41, 5.74) is 2.16. The number of aromatic carboxylic acids is 1. The minimum Gasteiger partial charge on any atom is -0.478 e. The minimum absolute atomic E-state index is 0.259. The fourth-order valence-corrected chi connectivity index (χ4v) is 2.64. The maximum Gasteiger partial charge on any atom is 0.335 e. The van der Waals surface area contributed by atoms with Crippen LogP contribution in [-0.4, -0.2) is 11.1 Å². The van der Waals surface area contributed by atoms with Crippen molar-refractivity contribution in [2.75, 3.05) is 5.32 Å². The standard InChI is InChI=1S/C14H10Br2ClNO2/c15-11-5-8(14(19)20)1-2-9(11)7-18-10-3-4-13(17)12(16)6-10/h1-6,18H,7H2,(H,19,20). The number of anilines is 1. The van der Waals surface area contributed by atoms with E-state index in [-0.39, 0.29) is 5.56 Å². The minimum atomic E-state index is -0.938. The normalized spacial score (nSPS) is 10.3. The van der Waals surface area contributed by atoms with Gasteiger partial charge in [0, 0.05) is 21.2 Å². The molecule has 0 fully saturated rings. The molecule has 0 amide bonds. The maximum absolute atomic E-state index is 10.9. The summed E-state index contributed by atoms with van der Waals surface area (Å²) < 4.78 is 1.59. The number of hydrogen-bond donors (Lipinski definition) is 2. The third-order valence-electron chi connectivity index (χ3n) is 2.70. The summed E-state index contributed by atoms with van der Waals surface area (Å²) in [6.45, 7) is 0.578. The molecule has 0 spiro atoms. The number of benzene rings is 2. The molecule has 6 heteroatoms. The van der Waals surface area contributed by atoms with Gasteiger partial charge in [-0.3, -0.25) is 0 Å². The Labute approximate surface area is 138 Å². The lowest BCUT2D eigenvalue weighted by molar-refractivity contribution is 0.0697. The molecule has 0 heterocycles. The second-order valence-corrected chi connectivity index (χ2v) is 6.21. The molecular weight excluding hydrogens is 409 g/mol. The molecule has 0 aliphatic rings. The first-order chi connectivity index (χ1) is 9.47. The first-order valence-corrected chi connectivity index (χ1v) is 7.64. The Morgan fingerprint density at radius 3 is 2.50 bits per heavy atom. The van der Waals surface area contributed by atoms with Gasteiger partial charge in [0.15, 0.2) is 0 Å². The van der Waals surface area contributed by atoms with Gasteiger partial charge in [-0.25, -0.2) is 4.79 Å². The van der Waals surface area contributed by atoms with E-state index in [2.05, 4.69) is 37.2 Å². The molecule has 0 aliphatic heterocycles. The van der Waals surface area contributed by atoms with Gasteiger partial charge < -0.3 is 10.4 Å². The van der Waals surface area contributed by atoms with Crippen molar-refractivity contribution in [1.29, 1.82) is 0 Å². The quantitative estimate of drug-likeness (QED) is 0.718. The van der Waals surface area contributed by atoms with E-state index in [9.17, 15) is 4.79 Å². The second kappa shape index (κ2) is 6.61. The number of carboxylic acid groups (broad SMARTS) is 1. The first kappa shape index (κ1) is 15.4. The van der Waals surface area contributed by atoms with Gasteiger partial charge in [0.1, 0.15) is 0 Å². The molecule has 2 N–H and O–H groups in total. The van der Waals surface area contributed by atoms with E-state index in [0.29, 0.717) is 11.6 Å². The average Bonchev–Trinajstić information content (AvgIpc) is 2.41. The molecule has 0 atom stereocenters. The Morgan fingerprint density at radius 2 is 1.90 bits per heavy atom. The molecule has 20 heavy (non-hydrogen) atoms. The van der Waals surface area contributed by atoms with Gasteiger partial charge in [0.05, 0.1) is 10.6 Å². The molecule has 0 radical (unpaired) electrons. The molecule has 0 aromatic heterocycles. The van der Waals surface area contributed by atoms with Crippen molar-refractivity contribution in [3.63, 3.8) is 0 Å². The van der Waals surface area contributed by atoms with Crippen LogP contribution in [0.2, 0.25) is 5.02 Å². The number of carbonyl (C=O) groups is 1. The largest absolute Gasteiger partial charge is 0.478 e. The van der Waals surface area contributed by atoms with Crippen molar-refractivity contribution in [3.05, 3.63) is 61.5 Å². The van der Waals surface area contributed by atoms with Gasteiger partial charge in [-0.15, -0.1) is 0 Å². The molecule has 3 nitrogen and oxygen atoms in total. The maximum atomic E-state index is 10.9. The predicted octanol–water partition coefficient (Wildman–Crippen LogP) is 5.18. The summed E-state index contributed by atoms with van der Waals surface area (Å²) in [5, 5.41) is 12.8. The number of halogens is 3. The highest BCUT2D eigenvalue weighted by Crippen LogP contribution is 2.26. The van der Waals surface area contributed by atoms with E-state index in [0.717, 1.165) is 20.2 Å². The molecule has 0 saturated carbocycles. The highest BCUT2D eigenvalue weighted by molar-refractivity contribution is 9.10. The van der Waals surface area contributed by atoms with Crippen LogP contribution in [0.15, 0.2) is 45.3 Å². The highest BCUT2D eigenvalue weighted by Gasteiger charge is 2.07. The summed E-state index contributed by atoms with van der Waals surface area (Å²) >= 11 is 12.7. The zero-order chi connectivity index (χ0) is 14.7. The molecule has 2 rings (SSSR count). The Kier molecular flexibility index (Phi) is 5.07. The van der Waals surface area contributed by atoms with Crippen LogP contribution in [-0.2, 0) is 6.54 Å². The first-order valence-electron chi connectivity index (χ1n) is 5.68. The van der Waals surface area contributed by atoms with Crippen molar-refractivity contribution < 1.29 is 9.90 Å². The fraction of sp³-hybridized carbons (Fsp3) is 0.0714. The van der Waals surface area contributed by atoms with Gasteiger partial charge in [0.25, 0.3) is 0 Å². The van der Waals surface area contributed by atoms with E-state index in [1.54, 1.807) is 24.3 Å². The Hall–Kier alpha value is -1.04. The Bertz CT molecular complexity index is 662. The van der Waals surface area contributed by atoms with Crippen molar-refractivity contribution in [2.45, 2.75) is 6.54 Å². The summed E-state index contributed by atoms with van der Waals surface area (Å²) in [6.07, 6.45) is 0. The van der Waals surface area contributed by atoms with E-state index in [1.165, 1.54) is 0 Å². The lowest BCUT2D eigenvalue weighted by Gasteiger charge is -2.10. The van der Waals surface area contributed by atoms with Crippen LogP contribution in [0.5, 0.6) is 0 Å². The molecule has 0 saturated heterocycles. The van der Waals surface area contributed by atoms with Crippen LogP contribution < -0.4 is 5.32 Å². The number of carboxylic acids is 1. The molecule has 0 aliphatic carbocycles. The van der Waals surface area contributed by atoms with Crippen LogP contribution in [0, 0.1) is 0 Å². The van der Waals surface area contributed by atoms with Gasteiger partial charge in [0.2, 0.25) is 0 Å². The van der Waals surface area contributed by atoms with Gasteiger partial charge in [-0.05, 0) is 51.8 Å². The fourth-order valence-electron chi connectivity index (χ4n) is 1.63. The van der Waals surface area contributed by atoms with Crippen molar-refractivity contribution in [1.82, 2.24) is 0 Å². The summed E-state index contributed by atoms with van der Waals surface area (Å²) in [4.78, 5) is 10.9. The lowest BCUT2D eigenvalue weighted by Crippen LogP contribution is -2.02. The SMILES string of the molecule is O=C(O)c1ccc(CNc2ccc(Cl)c(Br)c2)c(Br)c1. The molecule has 0 bridgehead atoms. The monoisotopic (exact) mass is 417 g/mol. The Morgan fingerprint density at radius 1 is 1.15 bits per heavy atom. The van der Waals surface area contributed by atoms with Crippen LogP contribution in [0.4, 0.5) is 5.69 Å². The smallest absolute Gasteiger partial charge is 0.335 e. The second-order valence-electron chi connectivity index (χ2n) is 4.09. The summed E-state index contributed by atoms with van der Waals surface area (Å²) in [6, 6.07) is 10.5. The third-order valence-corrected chi connectivity index (χ3v) is 4.65. The molecule has 2 aromatic rings. The lowest BCUT2D eigenvalue weighted by atomic mass is 10.1. The van der Waals surface area contributed by atoms with E-state index < -0.39 is 5.97 Å². The third kappa shape index (κ3) is 3.75. The Balaban J connectivity index is 2.10. The zero-order valence-electron chi connectivity index (χ0n) is 10.2. The zero-order valence-corrected chi connectivity index (χ0v) is 14.1. The molecule has 104 valence electrons. The highest BCUT2D eigenvalue weighted by atomic mass is 79.9. The number of nitrogens with one attached hydrogen (secondary N) is 1. The van der Waals surface area contributed by atoms with E-state index in [4.69, 9.17) is 16.7 Å². The molecule has 0 unspecified atom stereocenters. The van der Waals surface area contributed by atoms with Crippen molar-refractivity contribution >= 4 is 55.1 Å². The van der Waals surface area contributed by atoms with Crippen LogP contribution >= 0.6 is 43.5 Å². The number of hydrogen-bond acceptors (Lipinski definition) is 2. The van der Waals surface area contributed by atoms with Crippen molar-refractivity contribution in [3.8, 4) is 0 Å². The van der Waals surface area contributed by atoms with Crippen molar-refractivity contribution in [2.24, 2.45) is 0 Å². The molecular formula is C14H10Br2ClNO2. The molecule has 2 aromatic carbocycles. The summed E-state index contributed by atoms with van der Waals surface area (Å²) in [5.74, 6) is -0.938. The topological polar surface area (TPSA) is 49.3 Å². The average molecular weight is 420 g/mol. The van der Waals surface area contributed by atoms with Crippen LogP contribution in [0.1, 0.15) is 15.9 Å². The van der Waals surface area contributed by atoms with E-state index in [1.807, 2.05) is 12.1 Å². The van der Waals surface area contributed by atoms with Gasteiger partial charge in [-0.2, -0.15) is 0 Å². The van der Waals surface area contributed by atoms with Gasteiger partial charge >= 0.3 is 5.97 Å². The van der Waals surface area contributed by atoms with Crippen LogP contribution in [0.25, 0.3) is 0 Å². The predicted molar refractivity (Wildman–Crippen MR) is 87.6 cm³/mol.